The Morgan fingerprint density at radius 2 is 1.50 bits per heavy atom. The number of nitrogens with zero attached hydrogens (tertiary/aromatic N) is 1. The van der Waals surface area contributed by atoms with Crippen LogP contribution in [0.3, 0.4) is 0 Å². The second kappa shape index (κ2) is 8.57. The maximum atomic E-state index is 12.6. The molecule has 1 atom stereocenters. The highest BCUT2D eigenvalue weighted by Crippen LogP contribution is 2.38. The molecule has 6 nitrogen and oxygen atoms in total. The first kappa shape index (κ1) is 19.8. The lowest BCUT2D eigenvalue weighted by atomic mass is 10.0. The Labute approximate surface area is 143 Å². The first-order chi connectivity index (χ1) is 11.3. The molecule has 0 radical (unpaired) electrons. The van der Waals surface area contributed by atoms with E-state index in [1.165, 1.54) is 38.4 Å². The third-order valence-electron chi connectivity index (χ3n) is 3.92. The topological polar surface area (TPSA) is 65.1 Å². The summed E-state index contributed by atoms with van der Waals surface area (Å²) in [6.07, 6.45) is 0.824. The lowest BCUT2D eigenvalue weighted by molar-refractivity contribution is -0.127. The summed E-state index contributed by atoms with van der Waals surface area (Å²) in [5, 5.41) is 0. The minimum absolute atomic E-state index is 0.0245. The Hall–Kier alpha value is -2.24. The number of amides is 1. The van der Waals surface area contributed by atoms with Gasteiger partial charge in [-0.25, -0.2) is 0 Å². The second-order valence-corrected chi connectivity index (χ2v) is 6.14. The quantitative estimate of drug-likeness (QED) is 0.539. The number of hydrogen-bond acceptors (Lipinski definition) is 5. The molecular formula is C18H27NO5. The van der Waals surface area contributed by atoms with E-state index in [4.69, 9.17) is 14.2 Å². The van der Waals surface area contributed by atoms with Crippen LogP contribution >= 0.6 is 0 Å². The van der Waals surface area contributed by atoms with E-state index < -0.39 is 11.7 Å². The number of ketones is 1. The summed E-state index contributed by atoms with van der Waals surface area (Å²) in [7, 11) is 6.05. The van der Waals surface area contributed by atoms with Crippen molar-refractivity contribution in [3.05, 3.63) is 17.7 Å². The molecule has 0 spiro atoms. The molecule has 0 heterocycles. The predicted molar refractivity (Wildman–Crippen MR) is 92.1 cm³/mol. The van der Waals surface area contributed by atoms with E-state index in [-0.39, 0.29) is 11.6 Å². The van der Waals surface area contributed by atoms with Gasteiger partial charge in [0.2, 0.25) is 5.75 Å². The van der Waals surface area contributed by atoms with Gasteiger partial charge in [0.1, 0.15) is 0 Å². The van der Waals surface area contributed by atoms with Crippen molar-refractivity contribution in [1.29, 1.82) is 0 Å². The summed E-state index contributed by atoms with van der Waals surface area (Å²) in [6, 6.07) is 2.95. The Morgan fingerprint density at radius 3 is 1.88 bits per heavy atom. The average Bonchev–Trinajstić information content (AvgIpc) is 2.57. The van der Waals surface area contributed by atoms with E-state index >= 15 is 0 Å². The van der Waals surface area contributed by atoms with Gasteiger partial charge in [-0.1, -0.05) is 13.8 Å². The highest BCUT2D eigenvalue weighted by Gasteiger charge is 2.26. The van der Waals surface area contributed by atoms with Crippen LogP contribution in [-0.2, 0) is 4.79 Å². The fourth-order valence-corrected chi connectivity index (χ4v) is 2.54. The molecule has 0 aliphatic heterocycles. The van der Waals surface area contributed by atoms with Crippen molar-refractivity contribution < 1.29 is 23.8 Å². The number of ether oxygens (including phenoxy) is 3. The van der Waals surface area contributed by atoms with Gasteiger partial charge in [0, 0.05) is 18.7 Å². The molecule has 0 bridgehead atoms. The zero-order chi connectivity index (χ0) is 18.4. The number of likely N-dealkylation sites (N-methyl/N-ethyl adjacent to an activating group) is 1. The van der Waals surface area contributed by atoms with Gasteiger partial charge in [-0.3, -0.25) is 9.59 Å². The Kier molecular flexibility index (Phi) is 7.07. The van der Waals surface area contributed by atoms with Gasteiger partial charge in [0.25, 0.3) is 11.7 Å². The molecule has 1 amide bonds. The molecule has 1 aromatic carbocycles. The van der Waals surface area contributed by atoms with Crippen LogP contribution in [0.15, 0.2) is 12.1 Å². The lowest BCUT2D eigenvalue weighted by Gasteiger charge is -2.25. The van der Waals surface area contributed by atoms with Crippen LogP contribution in [0.2, 0.25) is 0 Å². The zero-order valence-electron chi connectivity index (χ0n) is 15.5. The monoisotopic (exact) mass is 337 g/mol. The van der Waals surface area contributed by atoms with Crippen LogP contribution in [0.5, 0.6) is 17.2 Å². The van der Waals surface area contributed by atoms with E-state index in [0.717, 1.165) is 6.42 Å². The van der Waals surface area contributed by atoms with Gasteiger partial charge in [-0.2, -0.15) is 0 Å². The Morgan fingerprint density at radius 1 is 1.00 bits per heavy atom. The molecule has 0 aromatic heterocycles. The normalized spacial score (nSPS) is 11.8. The number of methoxy groups -OCH3 is 3. The lowest BCUT2D eigenvalue weighted by Crippen LogP contribution is -2.40. The molecule has 1 rings (SSSR count). The standard InChI is InChI=1S/C18H27NO5/c1-11(2)8-12(3)19(4)18(21)16(20)13-9-14(22-5)17(24-7)15(10-13)23-6/h9-12H,8H2,1-7H3/t12-/m0/s1. The SMILES string of the molecule is COc1cc(C(=O)C(=O)N(C)[C@@H](C)CC(C)C)cc(OC)c1OC. The first-order valence-electron chi connectivity index (χ1n) is 7.88. The van der Waals surface area contributed by atoms with Crippen LogP contribution in [0.4, 0.5) is 0 Å². The fourth-order valence-electron chi connectivity index (χ4n) is 2.54. The number of carbonyl (C=O) groups is 2. The van der Waals surface area contributed by atoms with Crippen molar-refractivity contribution in [1.82, 2.24) is 4.90 Å². The molecule has 0 unspecified atom stereocenters. The van der Waals surface area contributed by atoms with Crippen molar-refractivity contribution in [3.8, 4) is 17.2 Å². The minimum Gasteiger partial charge on any atom is -0.493 e. The number of benzene rings is 1. The van der Waals surface area contributed by atoms with E-state index in [1.807, 2.05) is 6.92 Å². The number of hydrogen-bond donors (Lipinski definition) is 0. The number of rotatable bonds is 8. The molecule has 0 N–H and O–H groups in total. The summed E-state index contributed by atoms with van der Waals surface area (Å²) in [5.41, 5.74) is 0.207. The molecule has 0 aliphatic rings. The minimum atomic E-state index is -0.604. The highest BCUT2D eigenvalue weighted by atomic mass is 16.5. The van der Waals surface area contributed by atoms with E-state index in [2.05, 4.69) is 13.8 Å². The molecule has 0 fully saturated rings. The summed E-state index contributed by atoms with van der Waals surface area (Å²) in [4.78, 5) is 26.5. The maximum absolute atomic E-state index is 12.6. The summed E-state index contributed by atoms with van der Waals surface area (Å²) < 4.78 is 15.7. The van der Waals surface area contributed by atoms with Gasteiger partial charge in [-0.05, 0) is 31.4 Å². The number of carbonyl (C=O) groups excluding carboxylic acids is 2. The van der Waals surface area contributed by atoms with Crippen molar-refractivity contribution in [2.45, 2.75) is 33.2 Å². The van der Waals surface area contributed by atoms with E-state index in [9.17, 15) is 9.59 Å². The van der Waals surface area contributed by atoms with Crippen molar-refractivity contribution in [2.24, 2.45) is 5.92 Å². The molecule has 0 saturated carbocycles. The Balaban J connectivity index is 3.12. The van der Waals surface area contributed by atoms with Crippen LogP contribution < -0.4 is 14.2 Å². The average molecular weight is 337 g/mol. The summed E-state index contributed by atoms with van der Waals surface area (Å²) in [5.74, 6) is 0.332. The molecule has 1 aromatic rings. The molecule has 6 heteroatoms. The van der Waals surface area contributed by atoms with Crippen LogP contribution in [0.1, 0.15) is 37.6 Å². The van der Waals surface area contributed by atoms with Crippen molar-refractivity contribution in [2.75, 3.05) is 28.4 Å². The molecular weight excluding hydrogens is 310 g/mol. The Bertz CT molecular complexity index is 572. The van der Waals surface area contributed by atoms with E-state index in [0.29, 0.717) is 23.2 Å². The maximum Gasteiger partial charge on any atom is 0.294 e. The van der Waals surface area contributed by atoms with Crippen LogP contribution in [0.25, 0.3) is 0 Å². The van der Waals surface area contributed by atoms with Crippen LogP contribution in [-0.4, -0.2) is 51.0 Å². The molecule has 24 heavy (non-hydrogen) atoms. The first-order valence-corrected chi connectivity index (χ1v) is 7.88. The highest BCUT2D eigenvalue weighted by molar-refractivity contribution is 6.42. The van der Waals surface area contributed by atoms with Gasteiger partial charge in [0.15, 0.2) is 11.5 Å². The van der Waals surface area contributed by atoms with Crippen molar-refractivity contribution >= 4 is 11.7 Å². The molecule has 0 aliphatic carbocycles. The van der Waals surface area contributed by atoms with Gasteiger partial charge >= 0.3 is 0 Å². The molecule has 0 saturated heterocycles. The fraction of sp³-hybridized carbons (Fsp3) is 0.556. The smallest absolute Gasteiger partial charge is 0.294 e. The zero-order valence-corrected chi connectivity index (χ0v) is 15.5. The van der Waals surface area contributed by atoms with Gasteiger partial charge in [0.05, 0.1) is 21.3 Å². The largest absolute Gasteiger partial charge is 0.493 e. The van der Waals surface area contributed by atoms with Crippen LogP contribution in [0, 0.1) is 5.92 Å². The van der Waals surface area contributed by atoms with Crippen molar-refractivity contribution in [3.63, 3.8) is 0 Å². The third-order valence-corrected chi connectivity index (χ3v) is 3.92. The van der Waals surface area contributed by atoms with E-state index in [1.54, 1.807) is 7.05 Å². The summed E-state index contributed by atoms with van der Waals surface area (Å²) >= 11 is 0. The third kappa shape index (κ3) is 4.40. The summed E-state index contributed by atoms with van der Waals surface area (Å²) in [6.45, 7) is 6.09. The van der Waals surface area contributed by atoms with Gasteiger partial charge in [-0.15, -0.1) is 0 Å². The second-order valence-electron chi connectivity index (χ2n) is 6.14. The predicted octanol–water partition coefficient (Wildman–Crippen LogP) is 2.79. The molecule has 134 valence electrons. The van der Waals surface area contributed by atoms with Gasteiger partial charge < -0.3 is 19.1 Å². The number of Topliss-reactive ketones (excluding diaryl/α,β-unsaturated/α-hetero) is 1.